The first-order chi connectivity index (χ1) is 10.9. The van der Waals surface area contributed by atoms with Crippen molar-refractivity contribution < 1.29 is 8.78 Å². The van der Waals surface area contributed by atoms with Crippen LogP contribution < -0.4 is 11.3 Å². The highest BCUT2D eigenvalue weighted by Crippen LogP contribution is 2.25. The Hall–Kier alpha value is -2.24. The fourth-order valence-corrected chi connectivity index (χ4v) is 2.87. The molecule has 2 aromatic carbocycles. The van der Waals surface area contributed by atoms with Gasteiger partial charge < -0.3 is 5.73 Å². The highest BCUT2D eigenvalue weighted by atomic mass is 35.5. The molecular formula is C17H13ClF2N2O. The Balaban J connectivity index is 2.47. The van der Waals surface area contributed by atoms with E-state index in [9.17, 15) is 13.6 Å². The van der Waals surface area contributed by atoms with Crippen LogP contribution in [-0.4, -0.2) is 4.57 Å². The lowest BCUT2D eigenvalue weighted by atomic mass is 10.1. The molecular weight excluding hydrogens is 322 g/mol. The maximum atomic E-state index is 13.6. The fourth-order valence-electron chi connectivity index (χ4n) is 2.61. The van der Waals surface area contributed by atoms with Gasteiger partial charge in [0.25, 0.3) is 5.56 Å². The Labute approximate surface area is 135 Å². The van der Waals surface area contributed by atoms with Crippen LogP contribution in [0.5, 0.6) is 0 Å². The fraction of sp³-hybridized carbons (Fsp3) is 0.118. The second-order valence-corrected chi connectivity index (χ2v) is 5.74. The van der Waals surface area contributed by atoms with Gasteiger partial charge in [-0.05, 0) is 36.6 Å². The van der Waals surface area contributed by atoms with Crippen molar-refractivity contribution in [3.05, 3.63) is 75.2 Å². The van der Waals surface area contributed by atoms with Crippen molar-refractivity contribution in [2.45, 2.75) is 13.0 Å². The molecule has 23 heavy (non-hydrogen) atoms. The number of benzene rings is 2. The van der Waals surface area contributed by atoms with E-state index in [0.29, 0.717) is 11.1 Å². The number of aromatic nitrogens is 1. The van der Waals surface area contributed by atoms with E-state index in [-0.39, 0.29) is 16.1 Å². The Morgan fingerprint density at radius 3 is 2.39 bits per heavy atom. The highest BCUT2D eigenvalue weighted by Gasteiger charge is 2.16. The van der Waals surface area contributed by atoms with Crippen LogP contribution in [0.1, 0.15) is 18.7 Å². The second-order valence-electron chi connectivity index (χ2n) is 5.33. The van der Waals surface area contributed by atoms with Gasteiger partial charge in [-0.1, -0.05) is 23.7 Å². The van der Waals surface area contributed by atoms with E-state index in [1.165, 1.54) is 4.57 Å². The van der Waals surface area contributed by atoms with Gasteiger partial charge in [0.15, 0.2) is 0 Å². The van der Waals surface area contributed by atoms with E-state index in [1.807, 2.05) is 0 Å². The first kappa shape index (κ1) is 15.6. The van der Waals surface area contributed by atoms with E-state index in [0.717, 1.165) is 18.2 Å². The normalized spacial score (nSPS) is 12.6. The molecule has 6 heteroatoms. The quantitative estimate of drug-likeness (QED) is 0.771. The molecule has 0 bridgehead atoms. The van der Waals surface area contributed by atoms with Crippen LogP contribution >= 0.6 is 11.6 Å². The van der Waals surface area contributed by atoms with Gasteiger partial charge in [-0.2, -0.15) is 0 Å². The van der Waals surface area contributed by atoms with Crippen LogP contribution in [0.2, 0.25) is 5.02 Å². The molecule has 3 rings (SSSR count). The summed E-state index contributed by atoms with van der Waals surface area (Å²) in [5.41, 5.74) is 5.99. The third-order valence-corrected chi connectivity index (χ3v) is 3.91. The number of nitrogens with zero attached hydrogens (tertiary/aromatic N) is 1. The zero-order valence-corrected chi connectivity index (χ0v) is 12.9. The van der Waals surface area contributed by atoms with Crippen molar-refractivity contribution in [3.63, 3.8) is 0 Å². The van der Waals surface area contributed by atoms with Crippen molar-refractivity contribution in [2.75, 3.05) is 0 Å². The number of hydrogen-bond acceptors (Lipinski definition) is 2. The summed E-state index contributed by atoms with van der Waals surface area (Å²) in [6.07, 6.45) is 0. The molecule has 1 heterocycles. The Morgan fingerprint density at radius 2 is 1.78 bits per heavy atom. The molecule has 3 nitrogen and oxygen atoms in total. The van der Waals surface area contributed by atoms with Crippen LogP contribution in [0.15, 0.2) is 47.3 Å². The summed E-state index contributed by atoms with van der Waals surface area (Å²) in [4.78, 5) is 12.9. The van der Waals surface area contributed by atoms with Gasteiger partial charge in [0.05, 0.1) is 16.1 Å². The molecule has 0 saturated heterocycles. The number of fused-ring (bicyclic) bond motifs is 1. The molecule has 0 aliphatic rings. The number of nitrogens with two attached hydrogens (primary N) is 1. The molecule has 1 unspecified atom stereocenters. The molecule has 0 spiro atoms. The van der Waals surface area contributed by atoms with Gasteiger partial charge in [-0.3, -0.25) is 9.36 Å². The molecule has 118 valence electrons. The van der Waals surface area contributed by atoms with E-state index in [1.54, 1.807) is 31.2 Å². The summed E-state index contributed by atoms with van der Waals surface area (Å²) in [5.74, 6) is -1.55. The summed E-state index contributed by atoms with van der Waals surface area (Å²) >= 11 is 6.12. The van der Waals surface area contributed by atoms with Crippen molar-refractivity contribution >= 4 is 22.4 Å². The summed E-state index contributed by atoms with van der Waals surface area (Å²) < 4.78 is 28.3. The van der Waals surface area contributed by atoms with Crippen LogP contribution in [0, 0.1) is 11.6 Å². The zero-order chi connectivity index (χ0) is 16.7. The topological polar surface area (TPSA) is 48.0 Å². The minimum absolute atomic E-state index is 0.0709. The number of hydrogen-bond donors (Lipinski definition) is 1. The van der Waals surface area contributed by atoms with Gasteiger partial charge in [0, 0.05) is 17.8 Å². The third-order valence-electron chi connectivity index (χ3n) is 3.60. The first-order valence-electron chi connectivity index (χ1n) is 6.94. The van der Waals surface area contributed by atoms with Crippen molar-refractivity contribution in [3.8, 4) is 5.69 Å². The Morgan fingerprint density at radius 1 is 1.13 bits per heavy atom. The minimum atomic E-state index is -0.776. The largest absolute Gasteiger partial charge is 0.323 e. The molecule has 0 saturated carbocycles. The Bertz CT molecular complexity index is 946. The standard InChI is InChI=1S/C17H13ClF2N2O/c1-9(21)15-5-10-3-2-4-14(18)16(10)17(23)22(15)13-7-11(19)6-12(20)8-13/h2-9H,21H2,1H3. The van der Waals surface area contributed by atoms with Crippen LogP contribution in [0.25, 0.3) is 16.5 Å². The Kier molecular flexibility index (Phi) is 3.92. The second kappa shape index (κ2) is 5.76. The lowest BCUT2D eigenvalue weighted by Gasteiger charge is -2.17. The predicted molar refractivity (Wildman–Crippen MR) is 87.1 cm³/mol. The third kappa shape index (κ3) is 2.73. The first-order valence-corrected chi connectivity index (χ1v) is 7.32. The average Bonchev–Trinajstić information content (AvgIpc) is 2.45. The van der Waals surface area contributed by atoms with E-state index >= 15 is 0 Å². The SMILES string of the molecule is CC(N)c1cc2cccc(Cl)c2c(=O)n1-c1cc(F)cc(F)c1. The maximum Gasteiger partial charge on any atom is 0.264 e. The lowest BCUT2D eigenvalue weighted by Crippen LogP contribution is -2.26. The van der Waals surface area contributed by atoms with Crippen LogP contribution in [0.3, 0.4) is 0 Å². The van der Waals surface area contributed by atoms with E-state index in [4.69, 9.17) is 17.3 Å². The number of rotatable bonds is 2. The number of pyridine rings is 1. The molecule has 0 radical (unpaired) electrons. The molecule has 0 aliphatic heterocycles. The molecule has 1 atom stereocenters. The molecule has 0 fully saturated rings. The summed E-state index contributed by atoms with van der Waals surface area (Å²) in [5, 5.41) is 1.18. The monoisotopic (exact) mass is 334 g/mol. The molecule has 0 amide bonds. The van der Waals surface area contributed by atoms with Gasteiger partial charge in [-0.25, -0.2) is 8.78 Å². The van der Waals surface area contributed by atoms with Gasteiger partial charge in [0.2, 0.25) is 0 Å². The van der Waals surface area contributed by atoms with Gasteiger partial charge in [-0.15, -0.1) is 0 Å². The van der Waals surface area contributed by atoms with Crippen molar-refractivity contribution in [1.82, 2.24) is 4.57 Å². The smallest absolute Gasteiger partial charge is 0.264 e. The van der Waals surface area contributed by atoms with Gasteiger partial charge >= 0.3 is 0 Å². The van der Waals surface area contributed by atoms with Crippen molar-refractivity contribution in [2.24, 2.45) is 5.73 Å². The lowest BCUT2D eigenvalue weighted by molar-refractivity contribution is 0.580. The van der Waals surface area contributed by atoms with E-state index < -0.39 is 23.2 Å². The zero-order valence-electron chi connectivity index (χ0n) is 12.2. The summed E-state index contributed by atoms with van der Waals surface area (Å²) in [6, 6.07) is 9.15. The average molecular weight is 335 g/mol. The molecule has 2 N–H and O–H groups in total. The molecule has 3 aromatic rings. The minimum Gasteiger partial charge on any atom is -0.323 e. The van der Waals surface area contributed by atoms with Crippen LogP contribution in [0.4, 0.5) is 8.78 Å². The summed E-state index contributed by atoms with van der Waals surface area (Å²) in [7, 11) is 0. The predicted octanol–water partition coefficient (Wildman–Crippen LogP) is 3.94. The van der Waals surface area contributed by atoms with E-state index in [2.05, 4.69) is 0 Å². The maximum absolute atomic E-state index is 13.6. The summed E-state index contributed by atoms with van der Waals surface area (Å²) in [6.45, 7) is 1.69. The number of halogens is 3. The van der Waals surface area contributed by atoms with Crippen LogP contribution in [-0.2, 0) is 0 Å². The van der Waals surface area contributed by atoms with Crippen molar-refractivity contribution in [1.29, 1.82) is 0 Å². The molecule has 0 aliphatic carbocycles. The highest BCUT2D eigenvalue weighted by molar-refractivity contribution is 6.35. The molecule has 1 aromatic heterocycles. The van der Waals surface area contributed by atoms with Gasteiger partial charge in [0.1, 0.15) is 11.6 Å².